The molecule has 1 aromatic heterocycles. The van der Waals surface area contributed by atoms with Crippen LogP contribution < -0.4 is 14.3 Å². The maximum absolute atomic E-state index is 13.1. The molecule has 2 heterocycles. The molecule has 1 saturated heterocycles. The Balaban J connectivity index is 0.00000320. The number of nitrogens with one attached hydrogen (secondary N) is 2. The predicted octanol–water partition coefficient (Wildman–Crippen LogP) is 1.96. The van der Waals surface area contributed by atoms with Crippen molar-refractivity contribution in [1.82, 2.24) is 14.5 Å². The van der Waals surface area contributed by atoms with Gasteiger partial charge in [-0.05, 0) is 49.4 Å². The first-order valence-corrected chi connectivity index (χ1v) is 11.0. The third kappa shape index (κ3) is 6.21. The molecular formula is C19H27N5NaO4S. The van der Waals surface area contributed by atoms with Crippen molar-refractivity contribution in [1.29, 1.82) is 0 Å². The molecule has 2 N–H and O–H groups in total. The fraction of sp³-hybridized carbons (Fsp3) is 0.474. The molecule has 0 bridgehead atoms. The van der Waals surface area contributed by atoms with Gasteiger partial charge in [0, 0.05) is 61.7 Å². The molecule has 11 heteroatoms. The Labute approximate surface area is 199 Å². The van der Waals surface area contributed by atoms with E-state index in [0.29, 0.717) is 37.4 Å². The number of aryl methyl sites for hydroxylation is 3. The Kier molecular flexibility index (Phi) is 8.74. The molecule has 1 aliphatic rings. The van der Waals surface area contributed by atoms with E-state index in [2.05, 4.69) is 15.1 Å². The second-order valence-corrected chi connectivity index (χ2v) is 8.68. The minimum absolute atomic E-state index is 0. The van der Waals surface area contributed by atoms with Crippen molar-refractivity contribution < 1.29 is 17.9 Å². The van der Waals surface area contributed by atoms with E-state index in [-0.39, 0.29) is 35.6 Å². The largest absolute Gasteiger partial charge is 0.381 e. The van der Waals surface area contributed by atoms with Gasteiger partial charge in [0.05, 0.1) is 17.9 Å². The number of aromatic nitrogens is 2. The molecule has 3 rings (SSSR count). The molecule has 9 nitrogen and oxygen atoms in total. The van der Waals surface area contributed by atoms with Crippen LogP contribution in [0.3, 0.4) is 0 Å². The van der Waals surface area contributed by atoms with Crippen LogP contribution in [-0.4, -0.2) is 73.0 Å². The van der Waals surface area contributed by atoms with Crippen LogP contribution in [0.15, 0.2) is 30.6 Å². The number of amides is 2. The smallest absolute Gasteiger partial charge is 0.334 e. The second kappa shape index (κ2) is 10.6. The first-order valence-electron chi connectivity index (χ1n) is 9.58. The average molecular weight is 445 g/mol. The number of hydrogen-bond donors (Lipinski definition) is 2. The molecule has 0 atom stereocenters. The minimum Gasteiger partial charge on any atom is -0.381 e. The number of hydrogen-bond acceptors (Lipinski definition) is 5. The van der Waals surface area contributed by atoms with Gasteiger partial charge in [0.15, 0.2) is 0 Å². The van der Waals surface area contributed by atoms with Crippen LogP contribution in [0.1, 0.15) is 30.9 Å². The molecule has 159 valence electrons. The van der Waals surface area contributed by atoms with E-state index in [4.69, 9.17) is 4.74 Å². The molecule has 0 unspecified atom stereocenters. The Hall–Kier alpha value is -1.59. The van der Waals surface area contributed by atoms with Gasteiger partial charge in [-0.25, -0.2) is 13.8 Å². The molecule has 1 aliphatic heterocycles. The number of ether oxygens (including phenoxy) is 1. The maximum atomic E-state index is 13.1. The summed E-state index contributed by atoms with van der Waals surface area (Å²) >= 11 is 0. The topological polar surface area (TPSA) is 106 Å². The van der Waals surface area contributed by atoms with Crippen molar-refractivity contribution in [3.8, 4) is 0 Å². The molecule has 0 aliphatic carbocycles. The number of urea groups is 1. The zero-order chi connectivity index (χ0) is 21.0. The van der Waals surface area contributed by atoms with Gasteiger partial charge in [-0.2, -0.15) is 13.5 Å². The number of carbonyl (C=O) groups excluding carboxylic acids is 1. The van der Waals surface area contributed by atoms with Crippen LogP contribution >= 0.6 is 0 Å². The molecule has 1 fully saturated rings. The van der Waals surface area contributed by atoms with E-state index < -0.39 is 16.2 Å². The van der Waals surface area contributed by atoms with Gasteiger partial charge in [-0.1, -0.05) is 13.0 Å². The summed E-state index contributed by atoms with van der Waals surface area (Å²) in [5, 5.41) is 6.70. The zero-order valence-electron chi connectivity index (χ0n) is 17.9. The summed E-state index contributed by atoms with van der Waals surface area (Å²) in [7, 11) is -2.43. The van der Waals surface area contributed by atoms with E-state index in [9.17, 15) is 13.2 Å². The van der Waals surface area contributed by atoms with E-state index in [0.717, 1.165) is 17.5 Å². The molecule has 2 amide bonds. The Morgan fingerprint density at radius 3 is 2.60 bits per heavy atom. The van der Waals surface area contributed by atoms with Crippen LogP contribution in [-0.2, 0) is 28.4 Å². The first kappa shape index (κ1) is 24.7. The Morgan fingerprint density at radius 2 is 2.00 bits per heavy atom. The molecule has 0 spiro atoms. The van der Waals surface area contributed by atoms with Crippen molar-refractivity contribution in [2.75, 3.05) is 22.8 Å². The minimum atomic E-state index is -4.14. The van der Waals surface area contributed by atoms with Crippen molar-refractivity contribution >= 4 is 57.2 Å². The van der Waals surface area contributed by atoms with Crippen LogP contribution in [0.4, 0.5) is 16.2 Å². The third-order valence-electron chi connectivity index (χ3n) is 4.75. The van der Waals surface area contributed by atoms with Crippen LogP contribution in [0.5, 0.6) is 0 Å². The summed E-state index contributed by atoms with van der Waals surface area (Å²) in [6.45, 7) is 4.87. The average Bonchev–Trinajstić information content (AvgIpc) is 3.06. The van der Waals surface area contributed by atoms with E-state index in [1.807, 2.05) is 26.0 Å². The Morgan fingerprint density at radius 1 is 1.30 bits per heavy atom. The molecular weight excluding hydrogens is 417 g/mol. The molecule has 1 radical (unpaired) electrons. The van der Waals surface area contributed by atoms with Crippen LogP contribution in [0, 0.1) is 6.92 Å². The molecule has 30 heavy (non-hydrogen) atoms. The van der Waals surface area contributed by atoms with Gasteiger partial charge in [0.2, 0.25) is 0 Å². The molecule has 1 aromatic carbocycles. The van der Waals surface area contributed by atoms with Crippen LogP contribution in [0.2, 0.25) is 0 Å². The van der Waals surface area contributed by atoms with Crippen molar-refractivity contribution in [2.45, 2.75) is 39.2 Å². The number of rotatable bonds is 6. The Bertz CT molecular complexity index is 973. The first-order chi connectivity index (χ1) is 13.8. The molecule has 2 aromatic rings. The molecule has 0 saturated carbocycles. The SMILES string of the molecule is CCc1cc(C)cc(NC(=O)NS(=O)(=O)N(c2cnn(C)c2)C2CCOCC2)c1.[Na]. The third-order valence-corrected chi connectivity index (χ3v) is 6.22. The number of carbonyl (C=O) groups is 1. The van der Waals surface area contributed by atoms with Gasteiger partial charge in [0.25, 0.3) is 0 Å². The summed E-state index contributed by atoms with van der Waals surface area (Å²) < 4.78 is 36.5. The van der Waals surface area contributed by atoms with Crippen molar-refractivity contribution in [2.24, 2.45) is 7.05 Å². The fourth-order valence-electron chi connectivity index (χ4n) is 3.45. The fourth-order valence-corrected chi connectivity index (χ4v) is 4.81. The summed E-state index contributed by atoms with van der Waals surface area (Å²) in [4.78, 5) is 12.5. The number of benzene rings is 1. The monoisotopic (exact) mass is 444 g/mol. The second-order valence-electron chi connectivity index (χ2n) is 7.13. The van der Waals surface area contributed by atoms with Gasteiger partial charge < -0.3 is 10.1 Å². The van der Waals surface area contributed by atoms with Crippen molar-refractivity contribution in [3.63, 3.8) is 0 Å². The van der Waals surface area contributed by atoms with Gasteiger partial charge in [-0.15, -0.1) is 0 Å². The summed E-state index contributed by atoms with van der Waals surface area (Å²) in [5.41, 5.74) is 3.00. The van der Waals surface area contributed by atoms with Gasteiger partial charge >= 0.3 is 16.2 Å². The summed E-state index contributed by atoms with van der Waals surface area (Å²) in [6.07, 6.45) is 4.97. The van der Waals surface area contributed by atoms with Gasteiger partial charge in [-0.3, -0.25) is 4.68 Å². The number of anilines is 2. The normalized spacial score (nSPS) is 14.6. The summed E-state index contributed by atoms with van der Waals surface area (Å²) in [5.74, 6) is 0. The summed E-state index contributed by atoms with van der Waals surface area (Å²) in [6, 6.07) is 4.52. The van der Waals surface area contributed by atoms with E-state index in [1.165, 1.54) is 15.2 Å². The quantitative estimate of drug-likeness (QED) is 0.663. The zero-order valence-corrected chi connectivity index (χ0v) is 20.7. The predicted molar refractivity (Wildman–Crippen MR) is 117 cm³/mol. The van der Waals surface area contributed by atoms with Crippen molar-refractivity contribution in [3.05, 3.63) is 41.7 Å². The van der Waals surface area contributed by atoms with E-state index >= 15 is 0 Å². The van der Waals surface area contributed by atoms with Crippen LogP contribution in [0.25, 0.3) is 0 Å². The maximum Gasteiger partial charge on any atom is 0.334 e. The standard InChI is InChI=1S/C19H27N5O4S.Na/c1-4-15-9-14(2)10-16(11-15)21-19(25)22-29(26,27)24(17-5-7-28-8-6-17)18-12-20-23(3)13-18;/h9-13,17H,4-8H2,1-3H3,(H2,21,22,25);. The van der Waals surface area contributed by atoms with E-state index in [1.54, 1.807) is 19.3 Å². The van der Waals surface area contributed by atoms with Gasteiger partial charge in [0.1, 0.15) is 0 Å². The number of nitrogens with zero attached hydrogens (tertiary/aromatic N) is 3.